The maximum Gasteiger partial charge on any atom is 0.166 e. The second kappa shape index (κ2) is 5.27. The van der Waals surface area contributed by atoms with Crippen molar-refractivity contribution in [3.8, 4) is 11.4 Å². The van der Waals surface area contributed by atoms with Crippen molar-refractivity contribution >= 4 is 0 Å². The highest BCUT2D eigenvalue weighted by Gasteiger charge is 2.15. The van der Waals surface area contributed by atoms with Gasteiger partial charge in [0.15, 0.2) is 5.82 Å². The Hall–Kier alpha value is -1.75. The van der Waals surface area contributed by atoms with Gasteiger partial charge in [-0.05, 0) is 31.0 Å². The first-order valence-electron chi connectivity index (χ1n) is 6.06. The molecule has 0 aliphatic heterocycles. The fourth-order valence-corrected chi connectivity index (χ4v) is 1.95. The number of rotatable bonds is 4. The minimum atomic E-state index is -0.275. The Morgan fingerprint density at radius 2 is 2.11 bits per heavy atom. The number of nitrogens with two attached hydrogens (primary N) is 1. The molecule has 0 aliphatic rings. The lowest BCUT2D eigenvalue weighted by atomic mass is 10.1. The molecule has 0 aliphatic carbocycles. The van der Waals surface area contributed by atoms with Gasteiger partial charge in [0.2, 0.25) is 0 Å². The summed E-state index contributed by atoms with van der Waals surface area (Å²) >= 11 is 0. The third kappa shape index (κ3) is 2.26. The zero-order valence-corrected chi connectivity index (χ0v) is 10.7. The molecular weight excluding hydrogens is 231 g/mol. The summed E-state index contributed by atoms with van der Waals surface area (Å²) in [5.74, 6) is 0.963. The van der Waals surface area contributed by atoms with E-state index in [1.807, 2.05) is 17.6 Å². The number of nitrogens with zero attached hydrogens (tertiary/aromatic N) is 3. The largest absolute Gasteiger partial charge is 0.324 e. The summed E-state index contributed by atoms with van der Waals surface area (Å²) in [5.41, 5.74) is 6.98. The molecule has 2 aromatic rings. The van der Waals surface area contributed by atoms with Gasteiger partial charge in [-0.15, -0.1) is 10.2 Å². The Morgan fingerprint density at radius 3 is 2.72 bits per heavy atom. The molecule has 0 atom stereocenters. The number of aryl methyl sites for hydroxylation is 1. The van der Waals surface area contributed by atoms with E-state index in [1.54, 1.807) is 6.07 Å². The fourth-order valence-electron chi connectivity index (χ4n) is 1.95. The first-order chi connectivity index (χ1) is 8.67. The standard InChI is InChI=1S/C13H17FN4/c1-3-6-18-12(8-15)16-17-13(18)10-5-4-9(2)7-11(10)14/h4-5,7H,3,6,8,15H2,1-2H3. The minimum absolute atomic E-state index is 0.275. The summed E-state index contributed by atoms with van der Waals surface area (Å²) in [7, 11) is 0. The Morgan fingerprint density at radius 1 is 1.33 bits per heavy atom. The SMILES string of the molecule is CCCn1c(CN)nnc1-c1ccc(C)cc1F. The molecule has 0 bridgehead atoms. The molecule has 0 amide bonds. The van der Waals surface area contributed by atoms with Crippen LogP contribution >= 0.6 is 0 Å². The van der Waals surface area contributed by atoms with E-state index in [1.165, 1.54) is 6.07 Å². The van der Waals surface area contributed by atoms with Crippen LogP contribution in [0.1, 0.15) is 24.7 Å². The molecule has 1 aromatic heterocycles. The van der Waals surface area contributed by atoms with Crippen LogP contribution in [0.25, 0.3) is 11.4 Å². The van der Waals surface area contributed by atoms with Crippen molar-refractivity contribution in [2.24, 2.45) is 5.73 Å². The van der Waals surface area contributed by atoms with Crippen molar-refractivity contribution in [2.75, 3.05) is 0 Å². The number of hydrogen-bond donors (Lipinski definition) is 1. The maximum atomic E-state index is 14.0. The molecule has 0 radical (unpaired) electrons. The molecule has 4 nitrogen and oxygen atoms in total. The molecule has 0 spiro atoms. The Labute approximate surface area is 106 Å². The van der Waals surface area contributed by atoms with Gasteiger partial charge in [-0.2, -0.15) is 0 Å². The predicted octanol–water partition coefficient (Wildman–Crippen LogP) is 2.26. The Balaban J connectivity index is 2.52. The lowest BCUT2D eigenvalue weighted by Crippen LogP contribution is -2.09. The molecule has 18 heavy (non-hydrogen) atoms. The zero-order valence-electron chi connectivity index (χ0n) is 10.7. The van der Waals surface area contributed by atoms with Crippen LogP contribution < -0.4 is 5.73 Å². The summed E-state index contributed by atoms with van der Waals surface area (Å²) in [5, 5.41) is 8.07. The number of benzene rings is 1. The van der Waals surface area contributed by atoms with Gasteiger partial charge in [0.1, 0.15) is 11.6 Å². The van der Waals surface area contributed by atoms with Gasteiger partial charge in [-0.3, -0.25) is 0 Å². The smallest absolute Gasteiger partial charge is 0.166 e. The van der Waals surface area contributed by atoms with Gasteiger partial charge >= 0.3 is 0 Å². The summed E-state index contributed by atoms with van der Waals surface area (Å²) in [6, 6.07) is 5.11. The molecule has 2 rings (SSSR count). The van der Waals surface area contributed by atoms with Gasteiger partial charge in [-0.1, -0.05) is 13.0 Å². The van der Waals surface area contributed by atoms with Crippen molar-refractivity contribution in [3.05, 3.63) is 35.4 Å². The van der Waals surface area contributed by atoms with Crippen LogP contribution in [-0.4, -0.2) is 14.8 Å². The lowest BCUT2D eigenvalue weighted by Gasteiger charge is -2.09. The lowest BCUT2D eigenvalue weighted by molar-refractivity contribution is 0.617. The normalized spacial score (nSPS) is 10.9. The van der Waals surface area contributed by atoms with Crippen LogP contribution in [0.5, 0.6) is 0 Å². The van der Waals surface area contributed by atoms with E-state index < -0.39 is 0 Å². The number of aromatic nitrogens is 3. The van der Waals surface area contributed by atoms with Crippen molar-refractivity contribution in [1.29, 1.82) is 0 Å². The summed E-state index contributed by atoms with van der Waals surface area (Å²) in [6.45, 7) is 4.95. The average Bonchev–Trinajstić information content (AvgIpc) is 2.73. The third-order valence-corrected chi connectivity index (χ3v) is 2.82. The first-order valence-corrected chi connectivity index (χ1v) is 6.06. The van der Waals surface area contributed by atoms with E-state index in [2.05, 4.69) is 17.1 Å². The molecule has 1 aromatic carbocycles. The maximum absolute atomic E-state index is 14.0. The molecule has 2 N–H and O–H groups in total. The molecule has 0 unspecified atom stereocenters. The summed E-state index contributed by atoms with van der Waals surface area (Å²) in [6.07, 6.45) is 0.922. The van der Waals surface area contributed by atoms with Gasteiger partial charge < -0.3 is 10.3 Å². The van der Waals surface area contributed by atoms with Crippen LogP contribution in [0, 0.1) is 12.7 Å². The van der Waals surface area contributed by atoms with Crippen LogP contribution in [0.15, 0.2) is 18.2 Å². The predicted molar refractivity (Wildman–Crippen MR) is 68.3 cm³/mol. The highest BCUT2D eigenvalue weighted by Crippen LogP contribution is 2.23. The average molecular weight is 248 g/mol. The van der Waals surface area contributed by atoms with Crippen LogP contribution in [-0.2, 0) is 13.1 Å². The Kier molecular flexibility index (Phi) is 3.72. The second-order valence-electron chi connectivity index (χ2n) is 4.28. The van der Waals surface area contributed by atoms with Gasteiger partial charge in [0.05, 0.1) is 12.1 Å². The topological polar surface area (TPSA) is 56.7 Å². The first kappa shape index (κ1) is 12.7. The molecule has 0 saturated carbocycles. The highest BCUT2D eigenvalue weighted by molar-refractivity contribution is 5.57. The molecule has 5 heteroatoms. The van der Waals surface area contributed by atoms with Crippen molar-refractivity contribution in [2.45, 2.75) is 33.4 Å². The zero-order chi connectivity index (χ0) is 13.1. The molecular formula is C13H17FN4. The molecule has 0 saturated heterocycles. The van der Waals surface area contributed by atoms with Gasteiger partial charge in [-0.25, -0.2) is 4.39 Å². The van der Waals surface area contributed by atoms with E-state index in [0.29, 0.717) is 23.8 Å². The van der Waals surface area contributed by atoms with E-state index in [4.69, 9.17) is 5.73 Å². The molecule has 0 fully saturated rings. The number of hydrogen-bond acceptors (Lipinski definition) is 3. The van der Waals surface area contributed by atoms with Crippen molar-refractivity contribution in [3.63, 3.8) is 0 Å². The highest BCUT2D eigenvalue weighted by atomic mass is 19.1. The Bertz CT molecular complexity index is 548. The number of halogens is 1. The van der Waals surface area contributed by atoms with E-state index in [-0.39, 0.29) is 5.82 Å². The van der Waals surface area contributed by atoms with E-state index in [0.717, 1.165) is 18.5 Å². The second-order valence-corrected chi connectivity index (χ2v) is 4.28. The summed E-state index contributed by atoms with van der Waals surface area (Å²) in [4.78, 5) is 0. The van der Waals surface area contributed by atoms with Crippen molar-refractivity contribution < 1.29 is 4.39 Å². The van der Waals surface area contributed by atoms with Crippen LogP contribution in [0.4, 0.5) is 4.39 Å². The van der Waals surface area contributed by atoms with E-state index in [9.17, 15) is 4.39 Å². The fraction of sp³-hybridized carbons (Fsp3) is 0.385. The van der Waals surface area contributed by atoms with Crippen molar-refractivity contribution in [1.82, 2.24) is 14.8 Å². The van der Waals surface area contributed by atoms with Gasteiger partial charge in [0.25, 0.3) is 0 Å². The molecule has 96 valence electrons. The third-order valence-electron chi connectivity index (χ3n) is 2.82. The quantitative estimate of drug-likeness (QED) is 0.903. The van der Waals surface area contributed by atoms with Crippen LogP contribution in [0.3, 0.4) is 0 Å². The van der Waals surface area contributed by atoms with E-state index >= 15 is 0 Å². The van der Waals surface area contributed by atoms with Crippen LogP contribution in [0.2, 0.25) is 0 Å². The summed E-state index contributed by atoms with van der Waals surface area (Å²) < 4.78 is 15.8. The van der Waals surface area contributed by atoms with Gasteiger partial charge in [0, 0.05) is 6.54 Å². The minimum Gasteiger partial charge on any atom is -0.324 e. The molecule has 1 heterocycles. The monoisotopic (exact) mass is 248 g/mol.